The Hall–Kier alpha value is -1.56. The van der Waals surface area contributed by atoms with Crippen molar-refractivity contribution in [3.8, 4) is 0 Å². The van der Waals surface area contributed by atoms with Crippen molar-refractivity contribution in [1.82, 2.24) is 4.90 Å². The number of hydrogen-bond donors (Lipinski definition) is 0. The van der Waals surface area contributed by atoms with Crippen LogP contribution < -0.4 is 0 Å². The minimum Gasteiger partial charge on any atom is -0.469 e. The number of ether oxygens (including phenoxy) is 1. The molecule has 1 aromatic carbocycles. The summed E-state index contributed by atoms with van der Waals surface area (Å²) < 4.78 is 18.0. The molecule has 4 nitrogen and oxygen atoms in total. The van der Waals surface area contributed by atoms with Crippen LogP contribution in [0.2, 0.25) is 0 Å². The number of amides is 1. The Balaban J connectivity index is 2.47. The highest BCUT2D eigenvalue weighted by Gasteiger charge is 2.14. The number of nitrogens with zero attached hydrogens (tertiary/aromatic N) is 1. The molecule has 0 saturated carbocycles. The monoisotopic (exact) mass is 299 g/mol. The Morgan fingerprint density at radius 3 is 2.65 bits per heavy atom. The second kappa shape index (κ2) is 8.58. The van der Waals surface area contributed by atoms with Crippen LogP contribution in [0.1, 0.15) is 13.3 Å². The molecule has 0 aliphatic rings. The standard InChI is InChI=1S/C14H18FNO3S/c1-3-16(9-8-14(18)19-2)13(17)10-20-12-7-5-4-6-11(12)15/h4-7H,3,8-10H2,1-2H3. The molecule has 0 aliphatic heterocycles. The molecule has 110 valence electrons. The first-order chi connectivity index (χ1) is 9.58. The van der Waals surface area contributed by atoms with Crippen LogP contribution in [0.4, 0.5) is 4.39 Å². The fourth-order valence-corrected chi connectivity index (χ4v) is 2.42. The van der Waals surface area contributed by atoms with Crippen molar-refractivity contribution >= 4 is 23.6 Å². The van der Waals surface area contributed by atoms with Gasteiger partial charge < -0.3 is 9.64 Å². The van der Waals surface area contributed by atoms with Crippen LogP contribution in [-0.2, 0) is 14.3 Å². The highest BCUT2D eigenvalue weighted by molar-refractivity contribution is 8.00. The Morgan fingerprint density at radius 1 is 1.35 bits per heavy atom. The number of benzene rings is 1. The van der Waals surface area contributed by atoms with Gasteiger partial charge in [-0.1, -0.05) is 12.1 Å². The maximum Gasteiger partial charge on any atom is 0.307 e. The van der Waals surface area contributed by atoms with E-state index < -0.39 is 0 Å². The Bertz CT molecular complexity index is 467. The second-order valence-electron chi connectivity index (χ2n) is 4.02. The average molecular weight is 299 g/mol. The summed E-state index contributed by atoms with van der Waals surface area (Å²) in [6.07, 6.45) is 0.167. The first-order valence-corrected chi connectivity index (χ1v) is 7.29. The number of rotatable bonds is 7. The fraction of sp³-hybridized carbons (Fsp3) is 0.429. The third-order valence-corrected chi connectivity index (χ3v) is 3.77. The molecule has 1 amide bonds. The van der Waals surface area contributed by atoms with Crippen LogP contribution in [0.3, 0.4) is 0 Å². The summed E-state index contributed by atoms with van der Waals surface area (Å²) in [6, 6.07) is 6.33. The predicted molar refractivity (Wildman–Crippen MR) is 76.0 cm³/mol. The van der Waals surface area contributed by atoms with E-state index in [1.165, 1.54) is 13.2 Å². The molecule has 0 unspecified atom stereocenters. The van der Waals surface area contributed by atoms with Gasteiger partial charge in [-0.25, -0.2) is 4.39 Å². The third-order valence-electron chi connectivity index (χ3n) is 2.74. The molecule has 0 N–H and O–H groups in total. The molecular weight excluding hydrogens is 281 g/mol. The summed E-state index contributed by atoms with van der Waals surface area (Å²) in [5, 5.41) is 0. The first kappa shape index (κ1) is 16.5. The summed E-state index contributed by atoms with van der Waals surface area (Å²) in [4.78, 5) is 25.1. The van der Waals surface area contributed by atoms with E-state index >= 15 is 0 Å². The summed E-state index contributed by atoms with van der Waals surface area (Å²) in [5.41, 5.74) is 0. The smallest absolute Gasteiger partial charge is 0.307 e. The van der Waals surface area contributed by atoms with Gasteiger partial charge >= 0.3 is 5.97 Å². The first-order valence-electron chi connectivity index (χ1n) is 6.30. The zero-order chi connectivity index (χ0) is 15.0. The maximum atomic E-state index is 13.4. The average Bonchev–Trinajstić information content (AvgIpc) is 2.46. The second-order valence-corrected chi connectivity index (χ2v) is 5.04. The van der Waals surface area contributed by atoms with E-state index in [0.717, 1.165) is 11.8 Å². The molecule has 0 bridgehead atoms. The molecule has 0 aliphatic carbocycles. The van der Waals surface area contributed by atoms with Crippen LogP contribution >= 0.6 is 11.8 Å². The minimum atomic E-state index is -0.349. The van der Waals surface area contributed by atoms with E-state index in [2.05, 4.69) is 4.74 Å². The van der Waals surface area contributed by atoms with Crippen molar-refractivity contribution in [2.45, 2.75) is 18.2 Å². The molecule has 20 heavy (non-hydrogen) atoms. The van der Waals surface area contributed by atoms with Gasteiger partial charge in [0.25, 0.3) is 0 Å². The Morgan fingerprint density at radius 2 is 2.05 bits per heavy atom. The van der Waals surface area contributed by atoms with Crippen LogP contribution in [0, 0.1) is 5.82 Å². The molecule has 1 rings (SSSR count). The van der Waals surface area contributed by atoms with Gasteiger partial charge in [-0.2, -0.15) is 0 Å². The highest BCUT2D eigenvalue weighted by atomic mass is 32.2. The quantitative estimate of drug-likeness (QED) is 0.572. The van der Waals surface area contributed by atoms with Crippen molar-refractivity contribution in [3.05, 3.63) is 30.1 Å². The lowest BCUT2D eigenvalue weighted by molar-refractivity contribution is -0.141. The fourth-order valence-electron chi connectivity index (χ4n) is 1.58. The normalized spacial score (nSPS) is 10.2. The summed E-state index contributed by atoms with van der Waals surface area (Å²) in [5.74, 6) is -0.652. The molecule has 0 radical (unpaired) electrons. The van der Waals surface area contributed by atoms with Crippen LogP contribution in [0.25, 0.3) is 0 Å². The van der Waals surface area contributed by atoms with Gasteiger partial charge in [-0.15, -0.1) is 11.8 Å². The molecule has 0 fully saturated rings. The largest absolute Gasteiger partial charge is 0.469 e. The van der Waals surface area contributed by atoms with Crippen molar-refractivity contribution in [2.24, 2.45) is 0 Å². The Kier molecular flexibility index (Phi) is 7.08. The molecule has 0 heterocycles. The van der Waals surface area contributed by atoms with Crippen molar-refractivity contribution in [2.75, 3.05) is 26.0 Å². The number of carbonyl (C=O) groups is 2. The van der Waals surface area contributed by atoms with Gasteiger partial charge in [0.05, 0.1) is 19.3 Å². The Labute approximate surface area is 122 Å². The SMILES string of the molecule is CCN(CCC(=O)OC)C(=O)CSc1ccccc1F. The van der Waals surface area contributed by atoms with Gasteiger partial charge in [-0.05, 0) is 19.1 Å². The number of methoxy groups -OCH3 is 1. The number of halogens is 1. The van der Waals surface area contributed by atoms with E-state index in [9.17, 15) is 14.0 Å². The minimum absolute atomic E-state index is 0.121. The zero-order valence-electron chi connectivity index (χ0n) is 11.6. The highest BCUT2D eigenvalue weighted by Crippen LogP contribution is 2.21. The number of thioether (sulfide) groups is 1. The molecule has 0 aromatic heterocycles. The topological polar surface area (TPSA) is 46.6 Å². The van der Waals surface area contributed by atoms with E-state index in [4.69, 9.17) is 0 Å². The van der Waals surface area contributed by atoms with Gasteiger partial charge in [0.2, 0.25) is 5.91 Å². The summed E-state index contributed by atoms with van der Waals surface area (Å²) >= 11 is 1.16. The molecule has 6 heteroatoms. The zero-order valence-corrected chi connectivity index (χ0v) is 12.4. The number of hydrogen-bond acceptors (Lipinski definition) is 4. The van der Waals surface area contributed by atoms with Crippen LogP contribution in [0.15, 0.2) is 29.2 Å². The van der Waals surface area contributed by atoms with Crippen LogP contribution in [0.5, 0.6) is 0 Å². The predicted octanol–water partition coefficient (Wildman–Crippen LogP) is 2.33. The maximum absolute atomic E-state index is 13.4. The van der Waals surface area contributed by atoms with Gasteiger partial charge in [-0.3, -0.25) is 9.59 Å². The third kappa shape index (κ3) is 5.21. The number of carbonyl (C=O) groups excluding carboxylic acids is 2. The summed E-state index contributed by atoms with van der Waals surface area (Å²) in [7, 11) is 1.31. The van der Waals surface area contributed by atoms with E-state index in [-0.39, 0.29) is 29.9 Å². The van der Waals surface area contributed by atoms with Crippen molar-refractivity contribution in [1.29, 1.82) is 0 Å². The van der Waals surface area contributed by atoms with Gasteiger partial charge in [0, 0.05) is 18.0 Å². The van der Waals surface area contributed by atoms with Crippen molar-refractivity contribution in [3.63, 3.8) is 0 Å². The molecule has 0 spiro atoms. The lowest BCUT2D eigenvalue weighted by atomic mass is 10.3. The van der Waals surface area contributed by atoms with Gasteiger partial charge in [0.15, 0.2) is 0 Å². The van der Waals surface area contributed by atoms with E-state index in [1.807, 2.05) is 6.92 Å². The van der Waals surface area contributed by atoms with Crippen LogP contribution in [-0.4, -0.2) is 42.7 Å². The van der Waals surface area contributed by atoms with Crippen molar-refractivity contribution < 1.29 is 18.7 Å². The molecule has 0 atom stereocenters. The van der Waals surface area contributed by atoms with Gasteiger partial charge in [0.1, 0.15) is 5.82 Å². The van der Waals surface area contributed by atoms with E-state index in [0.29, 0.717) is 18.0 Å². The molecule has 1 aromatic rings. The lowest BCUT2D eigenvalue weighted by Gasteiger charge is -2.20. The summed E-state index contributed by atoms with van der Waals surface area (Å²) in [6.45, 7) is 2.66. The molecule has 0 saturated heterocycles. The number of esters is 1. The molecular formula is C14H18FNO3S. The lowest BCUT2D eigenvalue weighted by Crippen LogP contribution is -2.34. The van der Waals surface area contributed by atoms with E-state index in [1.54, 1.807) is 23.1 Å².